The highest BCUT2D eigenvalue weighted by molar-refractivity contribution is 6.33. The van der Waals surface area contributed by atoms with Crippen molar-refractivity contribution in [2.24, 2.45) is 4.99 Å². The van der Waals surface area contributed by atoms with Gasteiger partial charge in [0.25, 0.3) is 0 Å². The predicted octanol–water partition coefficient (Wildman–Crippen LogP) is 4.84. The van der Waals surface area contributed by atoms with E-state index in [0.29, 0.717) is 27.8 Å². The molecule has 0 unspecified atom stereocenters. The summed E-state index contributed by atoms with van der Waals surface area (Å²) >= 11 is 6.32. The number of carbonyl (C=O) groups is 1. The van der Waals surface area contributed by atoms with Crippen molar-refractivity contribution in [3.05, 3.63) is 52.5 Å². The summed E-state index contributed by atoms with van der Waals surface area (Å²) in [5.41, 5.74) is 1.87. The Hall–Kier alpha value is -2.53. The van der Waals surface area contributed by atoms with E-state index in [1.165, 1.54) is 7.11 Å². The van der Waals surface area contributed by atoms with Crippen LogP contribution in [0.2, 0.25) is 5.02 Å². The molecule has 0 heterocycles. The fourth-order valence-corrected chi connectivity index (χ4v) is 2.25. The van der Waals surface area contributed by atoms with Crippen LogP contribution in [-0.2, 0) is 4.74 Å². The summed E-state index contributed by atoms with van der Waals surface area (Å²) in [6, 6.07) is 10.4. The molecule has 0 spiro atoms. The predicted molar refractivity (Wildman–Crippen MR) is 101 cm³/mol. The molecule has 0 aliphatic rings. The van der Waals surface area contributed by atoms with Gasteiger partial charge in [-0.2, -0.15) is 0 Å². The van der Waals surface area contributed by atoms with Gasteiger partial charge in [0.15, 0.2) is 0 Å². The number of methoxy groups -OCH3 is 1. The number of para-hydroxylation sites is 1. The number of carbonyl (C=O) groups excluding carboxylic acids is 1. The Morgan fingerprint density at radius 2 is 2.00 bits per heavy atom. The topological polar surface area (TPSA) is 51.1 Å². The van der Waals surface area contributed by atoms with Gasteiger partial charge in [0.2, 0.25) is 0 Å². The second-order valence-corrected chi connectivity index (χ2v) is 5.88. The lowest BCUT2D eigenvalue weighted by Gasteiger charge is -2.13. The van der Waals surface area contributed by atoms with Crippen molar-refractivity contribution in [1.82, 2.24) is 4.90 Å². The standard InChI is InChI=1S/C19H21ClN2O3/c1-5-22(3)12-21-16-10-13(2)18(11-15(16)20)25-17-9-7-6-8-14(17)19(23)24-4/h6-12H,5H2,1-4H3. The Morgan fingerprint density at radius 1 is 1.28 bits per heavy atom. The summed E-state index contributed by atoms with van der Waals surface area (Å²) in [5, 5.41) is 0.469. The largest absolute Gasteiger partial charge is 0.465 e. The van der Waals surface area contributed by atoms with Gasteiger partial charge in [-0.15, -0.1) is 0 Å². The van der Waals surface area contributed by atoms with Crippen molar-refractivity contribution in [1.29, 1.82) is 0 Å². The van der Waals surface area contributed by atoms with E-state index in [1.54, 1.807) is 36.7 Å². The lowest BCUT2D eigenvalue weighted by atomic mass is 10.1. The van der Waals surface area contributed by atoms with Crippen molar-refractivity contribution in [3.8, 4) is 11.5 Å². The van der Waals surface area contributed by atoms with Gasteiger partial charge in [-0.05, 0) is 37.6 Å². The van der Waals surface area contributed by atoms with E-state index >= 15 is 0 Å². The zero-order valence-electron chi connectivity index (χ0n) is 14.7. The molecule has 0 N–H and O–H groups in total. The first kappa shape index (κ1) is 18.8. The molecule has 25 heavy (non-hydrogen) atoms. The first-order valence-electron chi connectivity index (χ1n) is 7.86. The minimum absolute atomic E-state index is 0.354. The highest BCUT2D eigenvalue weighted by atomic mass is 35.5. The Labute approximate surface area is 152 Å². The average molecular weight is 361 g/mol. The molecule has 0 aromatic heterocycles. The number of hydrogen-bond donors (Lipinski definition) is 0. The van der Waals surface area contributed by atoms with Crippen LogP contribution in [0.4, 0.5) is 5.69 Å². The molecule has 0 atom stereocenters. The van der Waals surface area contributed by atoms with Crippen LogP contribution in [0.3, 0.4) is 0 Å². The molecule has 2 aromatic rings. The number of hydrogen-bond acceptors (Lipinski definition) is 4. The lowest BCUT2D eigenvalue weighted by Crippen LogP contribution is -2.14. The van der Waals surface area contributed by atoms with Crippen LogP contribution in [0, 0.1) is 6.92 Å². The number of ether oxygens (including phenoxy) is 2. The molecule has 0 saturated heterocycles. The van der Waals surface area contributed by atoms with Crippen molar-refractivity contribution in [2.75, 3.05) is 20.7 Å². The maximum Gasteiger partial charge on any atom is 0.341 e. The van der Waals surface area contributed by atoms with Gasteiger partial charge in [0.05, 0.1) is 24.2 Å². The van der Waals surface area contributed by atoms with E-state index in [4.69, 9.17) is 21.1 Å². The molecule has 0 fully saturated rings. The number of rotatable bonds is 6. The molecular weight excluding hydrogens is 340 g/mol. The van der Waals surface area contributed by atoms with E-state index in [2.05, 4.69) is 4.99 Å². The molecule has 0 aliphatic heterocycles. The summed E-state index contributed by atoms with van der Waals surface area (Å²) in [6.07, 6.45) is 1.73. The van der Waals surface area contributed by atoms with Crippen LogP contribution >= 0.6 is 11.6 Å². The molecule has 0 saturated carbocycles. The van der Waals surface area contributed by atoms with E-state index in [0.717, 1.165) is 12.1 Å². The van der Waals surface area contributed by atoms with Crippen LogP contribution in [-0.4, -0.2) is 37.9 Å². The number of esters is 1. The van der Waals surface area contributed by atoms with Crippen LogP contribution < -0.4 is 4.74 Å². The van der Waals surface area contributed by atoms with Gasteiger partial charge < -0.3 is 14.4 Å². The zero-order chi connectivity index (χ0) is 18.4. The Balaban J connectivity index is 2.32. The number of nitrogens with zero attached hydrogens (tertiary/aromatic N) is 2. The fourth-order valence-electron chi connectivity index (χ4n) is 2.05. The normalized spacial score (nSPS) is 10.8. The maximum atomic E-state index is 11.9. The molecule has 0 aliphatic carbocycles. The van der Waals surface area contributed by atoms with Gasteiger partial charge in [-0.25, -0.2) is 9.79 Å². The highest BCUT2D eigenvalue weighted by Crippen LogP contribution is 2.35. The van der Waals surface area contributed by atoms with Crippen LogP contribution in [0.15, 0.2) is 41.4 Å². The van der Waals surface area contributed by atoms with Crippen molar-refractivity contribution in [3.63, 3.8) is 0 Å². The molecule has 0 radical (unpaired) electrons. The summed E-state index contributed by atoms with van der Waals surface area (Å²) in [5.74, 6) is 0.516. The molecule has 6 heteroatoms. The summed E-state index contributed by atoms with van der Waals surface area (Å²) in [4.78, 5) is 18.2. The number of halogens is 1. The smallest absolute Gasteiger partial charge is 0.341 e. The first-order valence-corrected chi connectivity index (χ1v) is 8.23. The molecule has 2 aromatic carbocycles. The zero-order valence-corrected chi connectivity index (χ0v) is 15.5. The monoisotopic (exact) mass is 360 g/mol. The van der Waals surface area contributed by atoms with Crippen LogP contribution in [0.1, 0.15) is 22.8 Å². The van der Waals surface area contributed by atoms with E-state index in [-0.39, 0.29) is 0 Å². The third-order valence-electron chi connectivity index (χ3n) is 3.65. The second kappa shape index (κ2) is 8.53. The van der Waals surface area contributed by atoms with Crippen LogP contribution in [0.5, 0.6) is 11.5 Å². The van der Waals surface area contributed by atoms with Gasteiger partial charge >= 0.3 is 5.97 Å². The third kappa shape index (κ3) is 4.73. The Morgan fingerprint density at radius 3 is 2.68 bits per heavy atom. The van der Waals surface area contributed by atoms with Crippen molar-refractivity contribution >= 4 is 29.6 Å². The highest BCUT2D eigenvalue weighted by Gasteiger charge is 2.14. The summed E-state index contributed by atoms with van der Waals surface area (Å²) < 4.78 is 10.7. The van der Waals surface area contributed by atoms with Gasteiger partial charge in [0.1, 0.15) is 17.1 Å². The third-order valence-corrected chi connectivity index (χ3v) is 3.95. The van der Waals surface area contributed by atoms with Crippen molar-refractivity contribution in [2.45, 2.75) is 13.8 Å². The summed E-state index contributed by atoms with van der Waals surface area (Å²) in [7, 11) is 3.27. The molecular formula is C19H21ClN2O3. The quantitative estimate of drug-likeness (QED) is 0.420. The molecule has 132 valence electrons. The summed E-state index contributed by atoms with van der Waals surface area (Å²) in [6.45, 7) is 4.79. The van der Waals surface area contributed by atoms with E-state index < -0.39 is 5.97 Å². The molecule has 5 nitrogen and oxygen atoms in total. The number of benzene rings is 2. The lowest BCUT2D eigenvalue weighted by molar-refractivity contribution is 0.0598. The Bertz CT molecular complexity index is 790. The van der Waals surface area contributed by atoms with Gasteiger partial charge in [0, 0.05) is 19.7 Å². The molecule has 0 amide bonds. The number of aryl methyl sites for hydroxylation is 1. The van der Waals surface area contributed by atoms with Crippen molar-refractivity contribution < 1.29 is 14.3 Å². The molecule has 0 bridgehead atoms. The first-order chi connectivity index (χ1) is 12.0. The average Bonchev–Trinajstić information content (AvgIpc) is 2.62. The minimum Gasteiger partial charge on any atom is -0.465 e. The maximum absolute atomic E-state index is 11.9. The fraction of sp³-hybridized carbons (Fsp3) is 0.263. The SMILES string of the molecule is CCN(C)C=Nc1cc(C)c(Oc2ccccc2C(=O)OC)cc1Cl. The molecule has 2 rings (SSSR count). The number of aliphatic imine (C=N–C) groups is 1. The van der Waals surface area contributed by atoms with Gasteiger partial charge in [-0.1, -0.05) is 23.7 Å². The Kier molecular flexibility index (Phi) is 6.42. The van der Waals surface area contributed by atoms with E-state index in [9.17, 15) is 4.79 Å². The van der Waals surface area contributed by atoms with Crippen LogP contribution in [0.25, 0.3) is 0 Å². The second-order valence-electron chi connectivity index (χ2n) is 5.48. The van der Waals surface area contributed by atoms with E-state index in [1.807, 2.05) is 31.9 Å². The minimum atomic E-state index is -0.455. The van der Waals surface area contributed by atoms with Gasteiger partial charge in [-0.3, -0.25) is 0 Å².